The molecule has 2 saturated heterocycles. The number of nitriles is 1. The van der Waals surface area contributed by atoms with Gasteiger partial charge in [0.25, 0.3) is 0 Å². The number of carbonyl (C=O) groups is 2. The molecule has 2 aliphatic rings. The lowest BCUT2D eigenvalue weighted by atomic mass is 10.1. The minimum absolute atomic E-state index is 0.0261. The number of likely N-dealkylation sites (tertiary alicyclic amines) is 1. The molecule has 0 spiro atoms. The van der Waals surface area contributed by atoms with Crippen LogP contribution in [0, 0.1) is 18.3 Å². The number of carbonyl (C=O) groups excluding carboxylic acids is 2. The quantitative estimate of drug-likeness (QED) is 0.653. The lowest BCUT2D eigenvalue weighted by Gasteiger charge is -2.39. The second-order valence-corrected chi connectivity index (χ2v) is 9.02. The van der Waals surface area contributed by atoms with Gasteiger partial charge in [-0.3, -0.25) is 19.4 Å². The molecule has 2 heterocycles. The summed E-state index contributed by atoms with van der Waals surface area (Å²) in [5.41, 5.74) is 1.98. The summed E-state index contributed by atoms with van der Waals surface area (Å²) in [6.45, 7) is 9.74. The molecule has 1 aromatic rings. The Kier molecular flexibility index (Phi) is 9.07. The van der Waals surface area contributed by atoms with Crippen LogP contribution in [0.2, 0.25) is 0 Å². The number of rotatable bonds is 7. The van der Waals surface area contributed by atoms with Crippen LogP contribution in [0.4, 0.5) is 5.69 Å². The Morgan fingerprint density at radius 1 is 1.00 bits per heavy atom. The number of benzene rings is 1. The van der Waals surface area contributed by atoms with Crippen LogP contribution in [-0.2, 0) is 9.59 Å². The second-order valence-electron chi connectivity index (χ2n) is 9.02. The van der Waals surface area contributed by atoms with Crippen molar-refractivity contribution < 1.29 is 9.59 Å². The molecule has 7 nitrogen and oxygen atoms in total. The van der Waals surface area contributed by atoms with Crippen molar-refractivity contribution in [3.8, 4) is 6.07 Å². The number of hydrogen-bond donors (Lipinski definition) is 0. The van der Waals surface area contributed by atoms with Gasteiger partial charge in [-0.15, -0.1) is 0 Å². The van der Waals surface area contributed by atoms with Crippen LogP contribution in [0.1, 0.15) is 44.6 Å². The molecular weight excluding hydrogens is 402 g/mol. The van der Waals surface area contributed by atoms with E-state index in [1.165, 1.54) is 12.8 Å². The number of aryl methyl sites for hydroxylation is 1. The predicted molar refractivity (Wildman–Crippen MR) is 126 cm³/mol. The van der Waals surface area contributed by atoms with Gasteiger partial charge in [0.05, 0.1) is 25.1 Å². The van der Waals surface area contributed by atoms with Crippen molar-refractivity contribution in [2.45, 2.75) is 52.0 Å². The molecule has 7 heteroatoms. The maximum absolute atomic E-state index is 13.3. The van der Waals surface area contributed by atoms with Crippen molar-refractivity contribution in [3.05, 3.63) is 29.8 Å². The highest BCUT2D eigenvalue weighted by Gasteiger charge is 2.30. The van der Waals surface area contributed by atoms with Gasteiger partial charge in [-0.2, -0.15) is 5.26 Å². The third kappa shape index (κ3) is 6.54. The maximum atomic E-state index is 13.3. The minimum Gasteiger partial charge on any atom is -0.342 e. The van der Waals surface area contributed by atoms with Crippen molar-refractivity contribution >= 4 is 17.5 Å². The maximum Gasteiger partial charge on any atom is 0.244 e. The summed E-state index contributed by atoms with van der Waals surface area (Å²) in [5, 5.41) is 9.05. The summed E-state index contributed by atoms with van der Waals surface area (Å²) >= 11 is 0. The van der Waals surface area contributed by atoms with Crippen LogP contribution in [0.5, 0.6) is 0 Å². The molecule has 0 aliphatic carbocycles. The van der Waals surface area contributed by atoms with Crippen molar-refractivity contribution in [1.82, 2.24) is 14.7 Å². The molecule has 2 aliphatic heterocycles. The van der Waals surface area contributed by atoms with Gasteiger partial charge in [0.2, 0.25) is 11.8 Å². The molecule has 1 atom stereocenters. The summed E-state index contributed by atoms with van der Waals surface area (Å²) in [6, 6.07) is 9.77. The first-order chi connectivity index (χ1) is 15.5. The van der Waals surface area contributed by atoms with Gasteiger partial charge >= 0.3 is 0 Å². The number of hydrogen-bond acceptors (Lipinski definition) is 5. The smallest absolute Gasteiger partial charge is 0.244 e. The van der Waals surface area contributed by atoms with Crippen molar-refractivity contribution in [3.63, 3.8) is 0 Å². The second kappa shape index (κ2) is 12.0. The Morgan fingerprint density at radius 2 is 1.62 bits per heavy atom. The van der Waals surface area contributed by atoms with Crippen LogP contribution in [0.25, 0.3) is 0 Å². The summed E-state index contributed by atoms with van der Waals surface area (Å²) in [6.07, 6.45) is 4.98. The first-order valence-electron chi connectivity index (χ1n) is 12.0. The van der Waals surface area contributed by atoms with E-state index in [-0.39, 0.29) is 17.9 Å². The van der Waals surface area contributed by atoms with Crippen molar-refractivity contribution in [2.24, 2.45) is 0 Å². The highest BCUT2D eigenvalue weighted by atomic mass is 16.2. The zero-order valence-corrected chi connectivity index (χ0v) is 19.6. The van der Waals surface area contributed by atoms with Crippen LogP contribution in [-0.4, -0.2) is 84.9 Å². The van der Waals surface area contributed by atoms with E-state index in [4.69, 9.17) is 5.26 Å². The molecule has 0 saturated carbocycles. The third-order valence-electron chi connectivity index (χ3n) is 6.69. The van der Waals surface area contributed by atoms with E-state index < -0.39 is 0 Å². The fourth-order valence-electron chi connectivity index (χ4n) is 4.55. The van der Waals surface area contributed by atoms with Gasteiger partial charge in [0, 0.05) is 51.5 Å². The highest BCUT2D eigenvalue weighted by Crippen LogP contribution is 2.19. The zero-order chi connectivity index (χ0) is 22.9. The number of piperazine rings is 1. The topological polar surface area (TPSA) is 70.9 Å². The molecular formula is C25H37N5O2. The SMILES string of the molecule is Cc1ccc(N(CCC#N)C(=O)C(C)N2CCN(CC(=O)N3CCCCCC3)CC2)cc1. The molecule has 2 fully saturated rings. The van der Waals surface area contributed by atoms with Gasteiger partial charge in [-0.05, 0) is 38.8 Å². The van der Waals surface area contributed by atoms with E-state index in [9.17, 15) is 9.59 Å². The van der Waals surface area contributed by atoms with Crippen LogP contribution in [0.15, 0.2) is 24.3 Å². The standard InChI is InChI=1S/C25H37N5O2/c1-21-8-10-23(11-9-21)30(15-7-12-26)25(32)22(2)28-18-16-27(17-19-28)20-24(31)29-13-5-3-4-6-14-29/h8-11,22H,3-7,13-20H2,1-2H3. The van der Waals surface area contributed by atoms with E-state index in [0.717, 1.165) is 63.4 Å². The molecule has 2 amide bonds. The van der Waals surface area contributed by atoms with Gasteiger partial charge in [0.15, 0.2) is 0 Å². The Balaban J connectivity index is 1.54. The van der Waals surface area contributed by atoms with Crippen LogP contribution in [0.3, 0.4) is 0 Å². The molecule has 0 aromatic heterocycles. The fraction of sp³-hybridized carbons (Fsp3) is 0.640. The molecule has 0 N–H and O–H groups in total. The normalized spacial score (nSPS) is 19.1. The monoisotopic (exact) mass is 439 g/mol. The lowest BCUT2D eigenvalue weighted by Crippen LogP contribution is -2.56. The summed E-state index contributed by atoms with van der Waals surface area (Å²) in [7, 11) is 0. The Hall–Kier alpha value is -2.43. The van der Waals surface area contributed by atoms with E-state index in [1.807, 2.05) is 43.0 Å². The Morgan fingerprint density at radius 3 is 2.22 bits per heavy atom. The predicted octanol–water partition coefficient (Wildman–Crippen LogP) is 2.65. The lowest BCUT2D eigenvalue weighted by molar-refractivity contribution is -0.133. The number of nitrogens with zero attached hydrogens (tertiary/aromatic N) is 5. The average Bonchev–Trinajstić information content (AvgIpc) is 3.10. The van der Waals surface area contributed by atoms with E-state index >= 15 is 0 Å². The number of anilines is 1. The molecule has 1 aromatic carbocycles. The van der Waals surface area contributed by atoms with E-state index in [1.54, 1.807) is 4.90 Å². The molecule has 174 valence electrons. The molecule has 32 heavy (non-hydrogen) atoms. The van der Waals surface area contributed by atoms with E-state index in [2.05, 4.69) is 15.9 Å². The van der Waals surface area contributed by atoms with Gasteiger partial charge in [-0.25, -0.2) is 0 Å². The largest absolute Gasteiger partial charge is 0.342 e. The summed E-state index contributed by atoms with van der Waals surface area (Å²) < 4.78 is 0. The number of amides is 2. The summed E-state index contributed by atoms with van der Waals surface area (Å²) in [4.78, 5) is 34.2. The summed E-state index contributed by atoms with van der Waals surface area (Å²) in [5.74, 6) is 0.268. The Bertz CT molecular complexity index is 788. The zero-order valence-electron chi connectivity index (χ0n) is 19.6. The third-order valence-corrected chi connectivity index (χ3v) is 6.69. The first kappa shape index (κ1) is 24.2. The molecule has 1 unspecified atom stereocenters. The molecule has 3 rings (SSSR count). The first-order valence-corrected chi connectivity index (χ1v) is 12.0. The van der Waals surface area contributed by atoms with Gasteiger partial charge in [-0.1, -0.05) is 30.5 Å². The van der Waals surface area contributed by atoms with Crippen molar-refractivity contribution in [1.29, 1.82) is 5.26 Å². The van der Waals surface area contributed by atoms with Gasteiger partial charge in [0.1, 0.15) is 0 Å². The molecule has 0 radical (unpaired) electrons. The van der Waals surface area contributed by atoms with Crippen LogP contribution < -0.4 is 4.90 Å². The van der Waals surface area contributed by atoms with Crippen LogP contribution >= 0.6 is 0 Å². The minimum atomic E-state index is -0.265. The fourth-order valence-corrected chi connectivity index (χ4v) is 4.55. The van der Waals surface area contributed by atoms with E-state index in [0.29, 0.717) is 19.5 Å². The average molecular weight is 440 g/mol. The Labute approximate surface area is 192 Å². The van der Waals surface area contributed by atoms with Crippen molar-refractivity contribution in [2.75, 3.05) is 57.3 Å². The highest BCUT2D eigenvalue weighted by molar-refractivity contribution is 5.97. The molecule has 0 bridgehead atoms. The van der Waals surface area contributed by atoms with Gasteiger partial charge < -0.3 is 9.80 Å².